The van der Waals surface area contributed by atoms with Crippen LogP contribution in [-0.4, -0.2) is 18.0 Å². The van der Waals surface area contributed by atoms with E-state index in [2.05, 4.69) is 5.32 Å². The first-order valence-electron chi connectivity index (χ1n) is 8.75. The molecule has 0 aliphatic heterocycles. The van der Waals surface area contributed by atoms with Crippen LogP contribution in [0.5, 0.6) is 0 Å². The van der Waals surface area contributed by atoms with Crippen molar-refractivity contribution in [3.63, 3.8) is 0 Å². The summed E-state index contributed by atoms with van der Waals surface area (Å²) in [5, 5.41) is 2.87. The maximum absolute atomic E-state index is 12.4. The number of rotatable bonds is 6. The van der Waals surface area contributed by atoms with Crippen molar-refractivity contribution in [3.05, 3.63) is 70.8 Å². The molecule has 1 atom stereocenters. The second kappa shape index (κ2) is 8.99. The van der Waals surface area contributed by atoms with E-state index in [0.717, 1.165) is 34.4 Å². The van der Waals surface area contributed by atoms with Crippen LogP contribution >= 0.6 is 0 Å². The van der Waals surface area contributed by atoms with Crippen molar-refractivity contribution in [3.8, 4) is 0 Å². The average Bonchev–Trinajstić information content (AvgIpc) is 2.62. The Balaban J connectivity index is 1.96. The Hall–Kier alpha value is -2.88. The van der Waals surface area contributed by atoms with Crippen LogP contribution < -0.4 is 5.32 Å². The van der Waals surface area contributed by atoms with E-state index in [1.165, 1.54) is 6.08 Å². The number of carbonyl (C=O) groups is 2. The fourth-order valence-electron chi connectivity index (χ4n) is 2.54. The fourth-order valence-corrected chi connectivity index (χ4v) is 2.54. The molecule has 1 amide bonds. The van der Waals surface area contributed by atoms with Gasteiger partial charge in [0.05, 0.1) is 0 Å². The van der Waals surface area contributed by atoms with Gasteiger partial charge >= 0.3 is 5.97 Å². The van der Waals surface area contributed by atoms with Crippen LogP contribution in [-0.2, 0) is 20.7 Å². The molecule has 0 aliphatic rings. The van der Waals surface area contributed by atoms with Crippen LogP contribution in [0, 0.1) is 13.8 Å². The van der Waals surface area contributed by atoms with Gasteiger partial charge in [-0.3, -0.25) is 4.79 Å². The third kappa shape index (κ3) is 5.31. The molecule has 26 heavy (non-hydrogen) atoms. The average molecular weight is 351 g/mol. The molecule has 1 N–H and O–H groups in total. The van der Waals surface area contributed by atoms with E-state index in [1.807, 2.05) is 63.2 Å². The van der Waals surface area contributed by atoms with Crippen molar-refractivity contribution >= 4 is 23.6 Å². The molecule has 4 heteroatoms. The van der Waals surface area contributed by atoms with Gasteiger partial charge in [-0.2, -0.15) is 0 Å². The number of hydrogen-bond acceptors (Lipinski definition) is 3. The van der Waals surface area contributed by atoms with Crippen LogP contribution in [0.25, 0.3) is 6.08 Å². The summed E-state index contributed by atoms with van der Waals surface area (Å²) in [6, 6.07) is 13.6. The summed E-state index contributed by atoms with van der Waals surface area (Å²) < 4.78 is 5.21. The summed E-state index contributed by atoms with van der Waals surface area (Å²) in [6.45, 7) is 7.54. The highest BCUT2D eigenvalue weighted by molar-refractivity contribution is 5.97. The third-order valence-corrected chi connectivity index (χ3v) is 4.14. The predicted molar refractivity (Wildman–Crippen MR) is 105 cm³/mol. The van der Waals surface area contributed by atoms with Crippen LogP contribution in [0.1, 0.15) is 36.1 Å². The maximum Gasteiger partial charge on any atom is 0.331 e. The van der Waals surface area contributed by atoms with E-state index < -0.39 is 12.1 Å². The van der Waals surface area contributed by atoms with Gasteiger partial charge < -0.3 is 10.1 Å². The Morgan fingerprint density at radius 1 is 1.12 bits per heavy atom. The standard InChI is InChI=1S/C22H25NO3/c1-5-19-8-6-7-16(3)21(19)23-22(25)17(4)26-20(24)14-13-18-11-9-15(2)10-12-18/h6-14,17H,5H2,1-4H3,(H,23,25)/b14-13+/t17-/m1/s1. The number of para-hydroxylation sites is 1. The van der Waals surface area contributed by atoms with Gasteiger partial charge in [0.1, 0.15) is 0 Å². The molecule has 136 valence electrons. The van der Waals surface area contributed by atoms with Crippen molar-refractivity contribution in [2.75, 3.05) is 5.32 Å². The molecule has 0 aromatic heterocycles. The third-order valence-electron chi connectivity index (χ3n) is 4.14. The zero-order valence-corrected chi connectivity index (χ0v) is 15.7. The number of amides is 1. The molecule has 0 radical (unpaired) electrons. The first kappa shape index (κ1) is 19.4. The summed E-state index contributed by atoms with van der Waals surface area (Å²) in [5.74, 6) is -0.889. The Morgan fingerprint density at radius 2 is 1.81 bits per heavy atom. The number of esters is 1. The van der Waals surface area contributed by atoms with Gasteiger partial charge in [-0.1, -0.05) is 55.0 Å². The van der Waals surface area contributed by atoms with Gasteiger partial charge in [-0.25, -0.2) is 4.79 Å². The quantitative estimate of drug-likeness (QED) is 0.618. The second-order valence-electron chi connectivity index (χ2n) is 6.27. The smallest absolute Gasteiger partial charge is 0.331 e. The van der Waals surface area contributed by atoms with E-state index in [4.69, 9.17) is 4.74 Å². The van der Waals surface area contributed by atoms with E-state index in [1.54, 1.807) is 13.0 Å². The van der Waals surface area contributed by atoms with Crippen molar-refractivity contribution in [2.45, 2.75) is 40.2 Å². The van der Waals surface area contributed by atoms with Gasteiger partial charge in [0.2, 0.25) is 0 Å². The van der Waals surface area contributed by atoms with Crippen molar-refractivity contribution in [1.29, 1.82) is 0 Å². The van der Waals surface area contributed by atoms with E-state index in [-0.39, 0.29) is 5.91 Å². The lowest BCUT2D eigenvalue weighted by molar-refractivity contribution is -0.148. The highest BCUT2D eigenvalue weighted by atomic mass is 16.5. The highest BCUT2D eigenvalue weighted by Gasteiger charge is 2.18. The van der Waals surface area contributed by atoms with Crippen molar-refractivity contribution < 1.29 is 14.3 Å². The lowest BCUT2D eigenvalue weighted by Crippen LogP contribution is -2.30. The molecule has 0 fully saturated rings. The summed E-state index contributed by atoms with van der Waals surface area (Å²) in [7, 11) is 0. The Morgan fingerprint density at radius 3 is 2.46 bits per heavy atom. The zero-order chi connectivity index (χ0) is 19.1. The van der Waals surface area contributed by atoms with Crippen LogP contribution in [0.15, 0.2) is 48.5 Å². The molecule has 0 unspecified atom stereocenters. The molecule has 0 heterocycles. The minimum Gasteiger partial charge on any atom is -0.449 e. The number of hydrogen-bond donors (Lipinski definition) is 1. The minimum absolute atomic E-state index is 0.342. The maximum atomic E-state index is 12.4. The fraction of sp³-hybridized carbons (Fsp3) is 0.273. The van der Waals surface area contributed by atoms with Crippen molar-refractivity contribution in [2.24, 2.45) is 0 Å². The molecule has 2 aromatic carbocycles. The summed E-state index contributed by atoms with van der Waals surface area (Å²) in [5.41, 5.74) is 4.87. The summed E-state index contributed by atoms with van der Waals surface area (Å²) in [6.07, 6.45) is 2.93. The van der Waals surface area contributed by atoms with Crippen LogP contribution in [0.4, 0.5) is 5.69 Å². The van der Waals surface area contributed by atoms with E-state index >= 15 is 0 Å². The summed E-state index contributed by atoms with van der Waals surface area (Å²) in [4.78, 5) is 24.3. The zero-order valence-electron chi connectivity index (χ0n) is 15.7. The van der Waals surface area contributed by atoms with Gasteiger partial charge in [-0.15, -0.1) is 0 Å². The molecule has 2 rings (SSSR count). The van der Waals surface area contributed by atoms with Gasteiger partial charge in [0.15, 0.2) is 6.10 Å². The van der Waals surface area contributed by atoms with Crippen LogP contribution in [0.3, 0.4) is 0 Å². The number of benzene rings is 2. The van der Waals surface area contributed by atoms with Crippen LogP contribution in [0.2, 0.25) is 0 Å². The predicted octanol–water partition coefficient (Wildman–Crippen LogP) is 4.45. The molecule has 0 aliphatic carbocycles. The molecule has 0 spiro atoms. The number of aryl methyl sites for hydroxylation is 3. The molecule has 0 saturated carbocycles. The number of nitrogens with one attached hydrogen (secondary N) is 1. The Bertz CT molecular complexity index is 807. The molecule has 0 bridgehead atoms. The van der Waals surface area contributed by atoms with Gasteiger partial charge in [0.25, 0.3) is 5.91 Å². The topological polar surface area (TPSA) is 55.4 Å². The SMILES string of the molecule is CCc1cccc(C)c1NC(=O)[C@@H](C)OC(=O)/C=C/c1ccc(C)cc1. The first-order valence-corrected chi connectivity index (χ1v) is 8.75. The molecule has 0 saturated heterocycles. The molecular formula is C22H25NO3. The van der Waals surface area contributed by atoms with Gasteiger partial charge in [-0.05, 0) is 50.0 Å². The lowest BCUT2D eigenvalue weighted by Gasteiger charge is -2.16. The molecule has 2 aromatic rings. The number of anilines is 1. The molecular weight excluding hydrogens is 326 g/mol. The minimum atomic E-state index is -0.880. The van der Waals surface area contributed by atoms with Crippen molar-refractivity contribution in [1.82, 2.24) is 0 Å². The van der Waals surface area contributed by atoms with Gasteiger partial charge in [0, 0.05) is 11.8 Å². The number of ether oxygens (including phenoxy) is 1. The lowest BCUT2D eigenvalue weighted by atomic mass is 10.1. The Kier molecular flexibility index (Phi) is 6.73. The first-order chi connectivity index (χ1) is 12.4. The highest BCUT2D eigenvalue weighted by Crippen LogP contribution is 2.21. The normalized spacial score (nSPS) is 12.0. The van der Waals surface area contributed by atoms with E-state index in [9.17, 15) is 9.59 Å². The van der Waals surface area contributed by atoms with E-state index in [0.29, 0.717) is 0 Å². The number of carbonyl (C=O) groups excluding carboxylic acids is 2. The largest absolute Gasteiger partial charge is 0.449 e. The monoisotopic (exact) mass is 351 g/mol. The summed E-state index contributed by atoms with van der Waals surface area (Å²) >= 11 is 0. The Labute approximate surface area is 154 Å². The second-order valence-corrected chi connectivity index (χ2v) is 6.27. The molecule has 4 nitrogen and oxygen atoms in total.